The average Bonchev–Trinajstić information content (AvgIpc) is 2.48. The Morgan fingerprint density at radius 1 is 1.21 bits per heavy atom. The minimum Gasteiger partial charge on any atom is -0.493 e. The maximum absolute atomic E-state index is 12.1. The van der Waals surface area contributed by atoms with Gasteiger partial charge in [0.15, 0.2) is 17.5 Å². The molecular weight excluding hydrogens is 506 g/mol. The number of hydrogen-bond acceptors (Lipinski definition) is 3. The van der Waals surface area contributed by atoms with Gasteiger partial charge in [0.1, 0.15) is 0 Å². The molecule has 1 aromatic carbocycles. The van der Waals surface area contributed by atoms with Crippen LogP contribution in [0.4, 0.5) is 13.2 Å². The standard InChI is InChI=1S/C14H19BrF3N3O2.HI/c1-19-13(20-5-4-14(16,17)18)21-8-9-6-10(15)12(23-3)11(7-9)22-2;/h6-7H,4-5,8H2,1-3H3,(H2,19,20,21);1H. The summed E-state index contributed by atoms with van der Waals surface area (Å²) in [6.45, 7) is 0.128. The number of alkyl halides is 3. The highest BCUT2D eigenvalue weighted by atomic mass is 127. The molecule has 0 aliphatic carbocycles. The molecule has 1 rings (SSSR count). The van der Waals surface area contributed by atoms with Crippen LogP contribution in [0.15, 0.2) is 21.6 Å². The number of hydrogen-bond donors (Lipinski definition) is 2. The van der Waals surface area contributed by atoms with E-state index in [-0.39, 0.29) is 30.5 Å². The van der Waals surface area contributed by atoms with Crippen LogP contribution >= 0.6 is 39.9 Å². The van der Waals surface area contributed by atoms with Crippen molar-refractivity contribution >= 4 is 45.9 Å². The Bertz CT molecular complexity index is 557. The molecule has 1 aromatic rings. The van der Waals surface area contributed by atoms with Gasteiger partial charge in [-0.3, -0.25) is 4.99 Å². The van der Waals surface area contributed by atoms with Crippen LogP contribution in [0.2, 0.25) is 0 Å². The van der Waals surface area contributed by atoms with E-state index in [2.05, 4.69) is 31.6 Å². The second-order valence-corrected chi connectivity index (χ2v) is 5.39. The normalized spacial score (nSPS) is 11.5. The molecule has 0 spiro atoms. The second kappa shape index (κ2) is 10.9. The fourth-order valence-corrected chi connectivity index (χ4v) is 2.45. The van der Waals surface area contributed by atoms with Gasteiger partial charge in [0.05, 0.1) is 25.1 Å². The molecule has 0 fully saturated rings. The molecule has 0 aliphatic rings. The summed E-state index contributed by atoms with van der Waals surface area (Å²) in [4.78, 5) is 3.88. The van der Waals surface area contributed by atoms with Gasteiger partial charge in [-0.25, -0.2) is 0 Å². The van der Waals surface area contributed by atoms with E-state index in [9.17, 15) is 13.2 Å². The van der Waals surface area contributed by atoms with Gasteiger partial charge in [0.25, 0.3) is 0 Å². The van der Waals surface area contributed by atoms with Crippen LogP contribution in [0.5, 0.6) is 11.5 Å². The Hall–Kier alpha value is -0.910. The average molecular weight is 526 g/mol. The number of benzene rings is 1. The zero-order chi connectivity index (χ0) is 17.5. The maximum atomic E-state index is 12.1. The molecule has 10 heteroatoms. The van der Waals surface area contributed by atoms with Crippen LogP contribution in [0.25, 0.3) is 0 Å². The third-order valence-corrected chi connectivity index (χ3v) is 3.47. The number of rotatable bonds is 6. The van der Waals surface area contributed by atoms with Crippen molar-refractivity contribution in [3.8, 4) is 11.5 Å². The van der Waals surface area contributed by atoms with Crippen LogP contribution < -0.4 is 20.1 Å². The second-order valence-electron chi connectivity index (χ2n) is 4.53. The molecule has 138 valence electrons. The topological polar surface area (TPSA) is 54.9 Å². The zero-order valence-electron chi connectivity index (χ0n) is 13.5. The Kier molecular flexibility index (Phi) is 10.4. The molecule has 0 aromatic heterocycles. The number of guanidine groups is 1. The first kappa shape index (κ1) is 23.1. The number of halogens is 5. The lowest BCUT2D eigenvalue weighted by molar-refractivity contribution is -0.132. The fraction of sp³-hybridized carbons (Fsp3) is 0.500. The minimum absolute atomic E-state index is 0. The molecule has 0 saturated heterocycles. The van der Waals surface area contributed by atoms with Gasteiger partial charge in [-0.2, -0.15) is 13.2 Å². The summed E-state index contributed by atoms with van der Waals surface area (Å²) in [7, 11) is 4.56. The van der Waals surface area contributed by atoms with Crippen molar-refractivity contribution in [1.82, 2.24) is 10.6 Å². The van der Waals surface area contributed by atoms with Crippen LogP contribution in [0, 0.1) is 0 Å². The predicted molar refractivity (Wildman–Crippen MR) is 102 cm³/mol. The molecule has 0 atom stereocenters. The van der Waals surface area contributed by atoms with Crippen molar-refractivity contribution in [3.63, 3.8) is 0 Å². The third-order valence-electron chi connectivity index (χ3n) is 2.88. The van der Waals surface area contributed by atoms with Gasteiger partial charge in [-0.05, 0) is 33.6 Å². The first-order valence-electron chi connectivity index (χ1n) is 6.72. The van der Waals surface area contributed by atoms with Crippen molar-refractivity contribution in [2.24, 2.45) is 4.99 Å². The summed E-state index contributed by atoms with van der Waals surface area (Å²) < 4.78 is 47.6. The molecule has 0 heterocycles. The molecule has 24 heavy (non-hydrogen) atoms. The Balaban J connectivity index is 0.00000529. The maximum Gasteiger partial charge on any atom is 0.390 e. The van der Waals surface area contributed by atoms with E-state index < -0.39 is 12.6 Å². The van der Waals surface area contributed by atoms with E-state index in [0.29, 0.717) is 24.0 Å². The van der Waals surface area contributed by atoms with Gasteiger partial charge >= 0.3 is 6.18 Å². The summed E-state index contributed by atoms with van der Waals surface area (Å²) >= 11 is 3.38. The van der Waals surface area contributed by atoms with Gasteiger partial charge < -0.3 is 20.1 Å². The van der Waals surface area contributed by atoms with E-state index in [0.717, 1.165) is 10.0 Å². The molecule has 0 bridgehead atoms. The van der Waals surface area contributed by atoms with E-state index in [1.165, 1.54) is 21.3 Å². The van der Waals surface area contributed by atoms with Gasteiger partial charge in [0, 0.05) is 20.1 Å². The lowest BCUT2D eigenvalue weighted by Gasteiger charge is -2.15. The largest absolute Gasteiger partial charge is 0.493 e. The first-order valence-corrected chi connectivity index (χ1v) is 7.51. The number of nitrogens with zero attached hydrogens (tertiary/aromatic N) is 1. The summed E-state index contributed by atoms with van der Waals surface area (Å²) in [5, 5.41) is 5.56. The third kappa shape index (κ3) is 7.77. The number of methoxy groups -OCH3 is 2. The van der Waals surface area contributed by atoms with E-state index in [4.69, 9.17) is 9.47 Å². The molecule has 2 N–H and O–H groups in total. The first-order chi connectivity index (χ1) is 10.8. The van der Waals surface area contributed by atoms with Crippen LogP contribution in [0.1, 0.15) is 12.0 Å². The summed E-state index contributed by atoms with van der Waals surface area (Å²) in [6, 6.07) is 3.61. The number of ether oxygens (including phenoxy) is 2. The van der Waals surface area contributed by atoms with Crippen LogP contribution in [-0.4, -0.2) is 39.9 Å². The van der Waals surface area contributed by atoms with E-state index in [1.54, 1.807) is 6.07 Å². The van der Waals surface area contributed by atoms with Gasteiger partial charge in [-0.15, -0.1) is 24.0 Å². The summed E-state index contributed by atoms with van der Waals surface area (Å²) in [6.07, 6.45) is -5.12. The summed E-state index contributed by atoms with van der Waals surface area (Å²) in [5.41, 5.74) is 0.855. The SMILES string of the molecule is CN=C(NCCC(F)(F)F)NCc1cc(Br)c(OC)c(OC)c1.I. The Labute approximate surface area is 164 Å². The highest BCUT2D eigenvalue weighted by Crippen LogP contribution is 2.36. The lowest BCUT2D eigenvalue weighted by atomic mass is 10.2. The monoisotopic (exact) mass is 525 g/mol. The van der Waals surface area contributed by atoms with Crippen LogP contribution in [0.3, 0.4) is 0 Å². The van der Waals surface area contributed by atoms with Crippen molar-refractivity contribution < 1.29 is 22.6 Å². The number of nitrogens with one attached hydrogen (secondary N) is 2. The van der Waals surface area contributed by atoms with Crippen molar-refractivity contribution in [1.29, 1.82) is 0 Å². The van der Waals surface area contributed by atoms with Gasteiger partial charge in [0.2, 0.25) is 0 Å². The fourth-order valence-electron chi connectivity index (χ4n) is 1.80. The van der Waals surface area contributed by atoms with E-state index in [1.807, 2.05) is 6.07 Å². The highest BCUT2D eigenvalue weighted by molar-refractivity contribution is 14.0. The smallest absolute Gasteiger partial charge is 0.390 e. The van der Waals surface area contributed by atoms with Crippen LogP contribution in [-0.2, 0) is 6.54 Å². The molecular formula is C14H20BrF3IN3O2. The summed E-state index contributed by atoms with van der Waals surface area (Å²) in [5.74, 6) is 1.42. The Morgan fingerprint density at radius 3 is 2.38 bits per heavy atom. The number of aliphatic imine (C=N–C) groups is 1. The molecule has 5 nitrogen and oxygen atoms in total. The van der Waals surface area contributed by atoms with Gasteiger partial charge in [-0.1, -0.05) is 0 Å². The lowest BCUT2D eigenvalue weighted by Crippen LogP contribution is -2.38. The zero-order valence-corrected chi connectivity index (χ0v) is 17.4. The molecule has 0 radical (unpaired) electrons. The van der Waals surface area contributed by atoms with Crippen molar-refractivity contribution in [2.45, 2.75) is 19.1 Å². The minimum atomic E-state index is -4.19. The Morgan fingerprint density at radius 2 is 1.88 bits per heavy atom. The molecule has 0 unspecified atom stereocenters. The quantitative estimate of drug-likeness (QED) is 0.338. The molecule has 0 amide bonds. The highest BCUT2D eigenvalue weighted by Gasteiger charge is 2.26. The van der Waals surface area contributed by atoms with Crippen molar-refractivity contribution in [3.05, 3.63) is 22.2 Å². The van der Waals surface area contributed by atoms with E-state index >= 15 is 0 Å². The molecule has 0 aliphatic heterocycles. The molecule has 0 saturated carbocycles. The predicted octanol–water partition coefficient (Wildman–Crippen LogP) is 3.70. The van der Waals surface area contributed by atoms with Crippen molar-refractivity contribution in [2.75, 3.05) is 27.8 Å².